The van der Waals surface area contributed by atoms with Gasteiger partial charge in [0.05, 0.1) is 13.3 Å². The summed E-state index contributed by atoms with van der Waals surface area (Å²) in [5.74, 6) is 0.688. The molecule has 0 aromatic heterocycles. The van der Waals surface area contributed by atoms with Crippen molar-refractivity contribution in [3.05, 3.63) is 42.0 Å². The van der Waals surface area contributed by atoms with Crippen molar-refractivity contribution in [2.24, 2.45) is 5.10 Å². The van der Waals surface area contributed by atoms with Gasteiger partial charge in [-0.15, -0.1) is 0 Å². The van der Waals surface area contributed by atoms with Crippen LogP contribution >= 0.6 is 0 Å². The molecule has 0 aliphatic heterocycles. The molecule has 1 amide bonds. The molecule has 116 valence electrons. The zero-order chi connectivity index (χ0) is 16.2. The van der Waals surface area contributed by atoms with E-state index in [1.807, 2.05) is 36.4 Å². The van der Waals surface area contributed by atoms with Gasteiger partial charge in [0.25, 0.3) is 0 Å². The molecule has 0 unspecified atom stereocenters. The van der Waals surface area contributed by atoms with E-state index >= 15 is 0 Å². The first kappa shape index (κ1) is 15.8. The molecule has 0 atom stereocenters. The Balaban J connectivity index is 2.23. The second-order valence-corrected chi connectivity index (χ2v) is 5.77. The minimum Gasteiger partial charge on any atom is -0.496 e. The number of benzene rings is 2. The molecular formula is C17H20N2O3. The van der Waals surface area contributed by atoms with Crippen LogP contribution < -0.4 is 10.2 Å². The van der Waals surface area contributed by atoms with E-state index in [0.29, 0.717) is 5.75 Å². The predicted octanol–water partition coefficient (Wildman–Crippen LogP) is 3.71. The van der Waals surface area contributed by atoms with Gasteiger partial charge in [0.2, 0.25) is 0 Å². The fourth-order valence-corrected chi connectivity index (χ4v) is 2.04. The normalized spacial score (nSPS) is 11.6. The smallest absolute Gasteiger partial charge is 0.428 e. The molecule has 1 N–H and O–H groups in total. The third kappa shape index (κ3) is 3.97. The SMILES string of the molecule is COc1ccc2ccccc2c1/C=N/NC(=O)OC(C)(C)C. The fraction of sp³-hybridized carbons (Fsp3) is 0.294. The van der Waals surface area contributed by atoms with Crippen LogP contribution in [0.3, 0.4) is 0 Å². The lowest BCUT2D eigenvalue weighted by Gasteiger charge is -2.18. The number of methoxy groups -OCH3 is 1. The summed E-state index contributed by atoms with van der Waals surface area (Å²) >= 11 is 0. The van der Waals surface area contributed by atoms with Gasteiger partial charge in [0.1, 0.15) is 11.4 Å². The zero-order valence-corrected chi connectivity index (χ0v) is 13.2. The predicted molar refractivity (Wildman–Crippen MR) is 87.5 cm³/mol. The Morgan fingerprint density at radius 1 is 1.18 bits per heavy atom. The minimum absolute atomic E-state index is 0.559. The molecule has 5 heteroatoms. The summed E-state index contributed by atoms with van der Waals surface area (Å²) in [4.78, 5) is 11.6. The summed E-state index contributed by atoms with van der Waals surface area (Å²) in [7, 11) is 1.60. The number of hydrogen-bond acceptors (Lipinski definition) is 4. The lowest BCUT2D eigenvalue weighted by Crippen LogP contribution is -2.29. The quantitative estimate of drug-likeness (QED) is 0.694. The molecule has 2 aromatic rings. The molecular weight excluding hydrogens is 280 g/mol. The summed E-state index contributed by atoms with van der Waals surface area (Å²) in [6.07, 6.45) is 0.966. The molecule has 0 radical (unpaired) electrons. The molecule has 0 spiro atoms. The molecule has 0 saturated heterocycles. The highest BCUT2D eigenvalue weighted by Crippen LogP contribution is 2.26. The van der Waals surface area contributed by atoms with E-state index in [1.165, 1.54) is 0 Å². The Bertz CT molecular complexity index is 703. The average molecular weight is 300 g/mol. The summed E-state index contributed by atoms with van der Waals surface area (Å²) in [5, 5.41) is 6.02. The highest BCUT2D eigenvalue weighted by molar-refractivity contribution is 6.02. The van der Waals surface area contributed by atoms with Crippen molar-refractivity contribution in [2.75, 3.05) is 7.11 Å². The highest BCUT2D eigenvalue weighted by Gasteiger charge is 2.15. The number of hydrazone groups is 1. The summed E-state index contributed by atoms with van der Waals surface area (Å²) in [6, 6.07) is 11.7. The van der Waals surface area contributed by atoms with Gasteiger partial charge in [0, 0.05) is 5.56 Å². The van der Waals surface area contributed by atoms with E-state index < -0.39 is 11.7 Å². The van der Waals surface area contributed by atoms with Crippen molar-refractivity contribution < 1.29 is 14.3 Å². The van der Waals surface area contributed by atoms with Crippen molar-refractivity contribution >= 4 is 23.1 Å². The van der Waals surface area contributed by atoms with Crippen molar-refractivity contribution in [1.82, 2.24) is 5.43 Å². The lowest BCUT2D eigenvalue weighted by atomic mass is 10.0. The Labute approximate surface area is 129 Å². The molecule has 2 aromatic carbocycles. The van der Waals surface area contributed by atoms with E-state index in [0.717, 1.165) is 16.3 Å². The second-order valence-electron chi connectivity index (χ2n) is 5.77. The molecule has 0 saturated carbocycles. The van der Waals surface area contributed by atoms with Crippen LogP contribution in [-0.4, -0.2) is 25.0 Å². The van der Waals surface area contributed by atoms with Crippen molar-refractivity contribution in [2.45, 2.75) is 26.4 Å². The average Bonchev–Trinajstić information content (AvgIpc) is 2.45. The molecule has 0 fully saturated rings. The maximum absolute atomic E-state index is 11.6. The first-order valence-corrected chi connectivity index (χ1v) is 6.98. The number of amides is 1. The molecule has 5 nitrogen and oxygen atoms in total. The van der Waals surface area contributed by atoms with E-state index in [4.69, 9.17) is 9.47 Å². The van der Waals surface area contributed by atoms with Gasteiger partial charge in [0.15, 0.2) is 0 Å². The standard InChI is InChI=1S/C17H20N2O3/c1-17(2,3)22-16(20)19-18-11-14-13-8-6-5-7-12(13)9-10-15(14)21-4/h5-11H,1-4H3,(H,19,20)/b18-11+. The lowest BCUT2D eigenvalue weighted by molar-refractivity contribution is 0.0529. The second kappa shape index (κ2) is 6.47. The maximum atomic E-state index is 11.6. The summed E-state index contributed by atoms with van der Waals surface area (Å²) < 4.78 is 10.5. The number of nitrogens with zero attached hydrogens (tertiary/aromatic N) is 1. The number of ether oxygens (including phenoxy) is 2. The molecule has 0 aliphatic carbocycles. The molecule has 22 heavy (non-hydrogen) atoms. The minimum atomic E-state index is -0.594. The number of fused-ring (bicyclic) bond motifs is 1. The third-order valence-corrected chi connectivity index (χ3v) is 2.90. The van der Waals surface area contributed by atoms with Gasteiger partial charge in [-0.1, -0.05) is 30.3 Å². The topological polar surface area (TPSA) is 59.9 Å². The number of hydrogen-bond donors (Lipinski definition) is 1. The number of carbonyl (C=O) groups is 1. The van der Waals surface area contributed by atoms with Gasteiger partial charge >= 0.3 is 6.09 Å². The molecule has 0 aliphatic rings. The summed E-state index contributed by atoms with van der Waals surface area (Å²) in [6.45, 7) is 5.39. The van der Waals surface area contributed by atoms with Crippen molar-refractivity contribution in [3.63, 3.8) is 0 Å². The molecule has 0 bridgehead atoms. The van der Waals surface area contributed by atoms with Gasteiger partial charge < -0.3 is 9.47 Å². The number of rotatable bonds is 3. The zero-order valence-electron chi connectivity index (χ0n) is 13.2. The van der Waals surface area contributed by atoms with E-state index in [9.17, 15) is 4.79 Å². The van der Waals surface area contributed by atoms with Crippen LogP contribution in [0, 0.1) is 0 Å². The van der Waals surface area contributed by atoms with Crippen LogP contribution in [-0.2, 0) is 4.74 Å². The first-order valence-electron chi connectivity index (χ1n) is 6.98. The van der Waals surface area contributed by atoms with Crippen LogP contribution in [0.15, 0.2) is 41.5 Å². The van der Waals surface area contributed by atoms with Gasteiger partial charge in [-0.25, -0.2) is 10.2 Å². The number of carbonyl (C=O) groups excluding carboxylic acids is 1. The Morgan fingerprint density at radius 2 is 1.91 bits per heavy atom. The van der Waals surface area contributed by atoms with Crippen LogP contribution in [0.2, 0.25) is 0 Å². The van der Waals surface area contributed by atoms with Crippen molar-refractivity contribution in [3.8, 4) is 5.75 Å². The van der Waals surface area contributed by atoms with Crippen LogP contribution in [0.5, 0.6) is 5.75 Å². The molecule has 2 rings (SSSR count). The van der Waals surface area contributed by atoms with Crippen LogP contribution in [0.25, 0.3) is 10.8 Å². The largest absolute Gasteiger partial charge is 0.496 e. The number of nitrogens with one attached hydrogen (secondary N) is 1. The van der Waals surface area contributed by atoms with Gasteiger partial charge in [-0.2, -0.15) is 5.10 Å². The maximum Gasteiger partial charge on any atom is 0.428 e. The monoisotopic (exact) mass is 300 g/mol. The highest BCUT2D eigenvalue weighted by atomic mass is 16.6. The van der Waals surface area contributed by atoms with E-state index in [2.05, 4.69) is 10.5 Å². The summed E-state index contributed by atoms with van der Waals surface area (Å²) in [5.41, 5.74) is 2.60. The van der Waals surface area contributed by atoms with Crippen LogP contribution in [0.1, 0.15) is 26.3 Å². The Hall–Kier alpha value is -2.56. The third-order valence-electron chi connectivity index (χ3n) is 2.90. The van der Waals surface area contributed by atoms with Gasteiger partial charge in [-0.05, 0) is 37.6 Å². The Morgan fingerprint density at radius 3 is 2.59 bits per heavy atom. The Kier molecular flexibility index (Phi) is 4.65. The van der Waals surface area contributed by atoms with E-state index in [1.54, 1.807) is 34.1 Å². The van der Waals surface area contributed by atoms with E-state index in [-0.39, 0.29) is 0 Å². The first-order chi connectivity index (χ1) is 10.4. The van der Waals surface area contributed by atoms with Crippen LogP contribution in [0.4, 0.5) is 4.79 Å². The fourth-order valence-electron chi connectivity index (χ4n) is 2.04. The van der Waals surface area contributed by atoms with Gasteiger partial charge in [-0.3, -0.25) is 0 Å². The molecule has 0 heterocycles. The van der Waals surface area contributed by atoms with Crippen molar-refractivity contribution in [1.29, 1.82) is 0 Å².